The van der Waals surface area contributed by atoms with Gasteiger partial charge in [0.05, 0.1) is 5.56 Å². The van der Waals surface area contributed by atoms with Crippen LogP contribution in [0.15, 0.2) is 29.7 Å². The largest absolute Gasteiger partial charge is 0.485 e. The van der Waals surface area contributed by atoms with E-state index in [0.717, 1.165) is 13.0 Å². The van der Waals surface area contributed by atoms with Crippen LogP contribution in [0.3, 0.4) is 0 Å². The smallest absolute Gasteiger partial charge is 0.173 e. The second kappa shape index (κ2) is 6.94. The first-order valence-corrected chi connectivity index (χ1v) is 6.80. The molecule has 21 heavy (non-hydrogen) atoms. The molecule has 3 N–H and O–H groups in total. The minimum atomic E-state index is -0.0447. The highest BCUT2D eigenvalue weighted by atomic mass is 35.5. The molecule has 1 aromatic heterocycles. The Hall–Kier alpha value is -2.28. The van der Waals surface area contributed by atoms with E-state index < -0.39 is 0 Å². The van der Waals surface area contributed by atoms with Gasteiger partial charge in [-0.3, -0.25) is 0 Å². The van der Waals surface area contributed by atoms with Gasteiger partial charge >= 0.3 is 0 Å². The molecule has 0 unspecified atom stereocenters. The summed E-state index contributed by atoms with van der Waals surface area (Å²) in [6, 6.07) is 4.88. The second-order valence-corrected chi connectivity index (χ2v) is 4.75. The lowest BCUT2D eigenvalue weighted by Gasteiger charge is -2.11. The maximum absolute atomic E-state index is 8.80. The number of hydrogen-bond acceptors (Lipinski definition) is 5. The van der Waals surface area contributed by atoms with Gasteiger partial charge in [0.15, 0.2) is 11.7 Å². The molecule has 0 aliphatic carbocycles. The molecule has 0 radical (unpaired) electrons. The highest BCUT2D eigenvalue weighted by Gasteiger charge is 2.11. The Bertz CT molecular complexity index is 641. The van der Waals surface area contributed by atoms with Crippen molar-refractivity contribution < 1.29 is 9.94 Å². The third-order valence-corrected chi connectivity index (χ3v) is 3.05. The zero-order chi connectivity index (χ0) is 15.2. The molecule has 0 fully saturated rings. The van der Waals surface area contributed by atoms with Gasteiger partial charge in [-0.05, 0) is 24.6 Å². The highest BCUT2D eigenvalue weighted by molar-refractivity contribution is 6.30. The number of aromatic nitrogens is 3. The topological polar surface area (TPSA) is 98.5 Å². The van der Waals surface area contributed by atoms with Crippen molar-refractivity contribution in [2.24, 2.45) is 10.9 Å². The summed E-state index contributed by atoms with van der Waals surface area (Å²) < 4.78 is 7.46. The van der Waals surface area contributed by atoms with Crippen LogP contribution in [0.2, 0.25) is 5.02 Å². The molecule has 2 rings (SSSR count). The Morgan fingerprint density at radius 2 is 2.33 bits per heavy atom. The minimum Gasteiger partial charge on any atom is -0.485 e. The first-order valence-electron chi connectivity index (χ1n) is 6.42. The number of aryl methyl sites for hydroxylation is 1. The molecule has 0 spiro atoms. The molecule has 7 nitrogen and oxygen atoms in total. The standard InChI is InChI=1S/C13H16ClN5O2/c1-2-5-19-12(16-8-17-19)7-21-11-6-9(14)3-4-10(11)13(15)18-20/h3-4,6,8,20H,2,5,7H2,1H3,(H2,15,18). The third-order valence-electron chi connectivity index (χ3n) is 2.82. The third kappa shape index (κ3) is 3.63. The van der Waals surface area contributed by atoms with Crippen molar-refractivity contribution in [3.8, 4) is 5.75 Å². The molecule has 1 aromatic carbocycles. The summed E-state index contributed by atoms with van der Waals surface area (Å²) >= 11 is 5.95. The van der Waals surface area contributed by atoms with Crippen molar-refractivity contribution in [1.82, 2.24) is 14.8 Å². The molecule has 0 saturated carbocycles. The maximum Gasteiger partial charge on any atom is 0.173 e. The van der Waals surface area contributed by atoms with Gasteiger partial charge in [0.1, 0.15) is 18.7 Å². The first kappa shape index (κ1) is 15.1. The van der Waals surface area contributed by atoms with E-state index >= 15 is 0 Å². The summed E-state index contributed by atoms with van der Waals surface area (Å²) in [5.74, 6) is 1.07. The molecule has 0 aliphatic rings. The van der Waals surface area contributed by atoms with E-state index in [2.05, 4.69) is 22.2 Å². The van der Waals surface area contributed by atoms with Crippen molar-refractivity contribution in [2.75, 3.05) is 0 Å². The normalized spacial score (nSPS) is 11.6. The van der Waals surface area contributed by atoms with Gasteiger partial charge in [0.2, 0.25) is 0 Å². The van der Waals surface area contributed by atoms with Gasteiger partial charge in [0.25, 0.3) is 0 Å². The van der Waals surface area contributed by atoms with E-state index in [1.54, 1.807) is 22.9 Å². The number of benzene rings is 1. The summed E-state index contributed by atoms with van der Waals surface area (Å²) in [6.45, 7) is 3.03. The fraction of sp³-hybridized carbons (Fsp3) is 0.308. The maximum atomic E-state index is 8.80. The van der Waals surface area contributed by atoms with Crippen LogP contribution >= 0.6 is 11.6 Å². The van der Waals surface area contributed by atoms with Gasteiger partial charge in [0, 0.05) is 11.6 Å². The van der Waals surface area contributed by atoms with Crippen LogP contribution in [-0.2, 0) is 13.2 Å². The lowest BCUT2D eigenvalue weighted by atomic mass is 10.2. The molecule has 8 heteroatoms. The molecule has 0 saturated heterocycles. The Labute approximate surface area is 127 Å². The van der Waals surface area contributed by atoms with Crippen molar-refractivity contribution in [3.05, 3.63) is 40.9 Å². The van der Waals surface area contributed by atoms with E-state index in [1.807, 2.05) is 0 Å². The Morgan fingerprint density at radius 3 is 3.05 bits per heavy atom. The zero-order valence-electron chi connectivity index (χ0n) is 11.5. The molecule has 0 amide bonds. The Balaban J connectivity index is 2.19. The van der Waals surface area contributed by atoms with Crippen molar-refractivity contribution in [1.29, 1.82) is 0 Å². The summed E-state index contributed by atoms with van der Waals surface area (Å²) in [7, 11) is 0. The number of ether oxygens (including phenoxy) is 1. The average molecular weight is 310 g/mol. The molecule has 0 bridgehead atoms. The van der Waals surface area contributed by atoms with Crippen molar-refractivity contribution in [3.63, 3.8) is 0 Å². The van der Waals surface area contributed by atoms with Crippen LogP contribution in [-0.4, -0.2) is 25.8 Å². The summed E-state index contributed by atoms with van der Waals surface area (Å²) in [5, 5.41) is 16.4. The van der Waals surface area contributed by atoms with Gasteiger partial charge < -0.3 is 15.7 Å². The molecule has 2 aromatic rings. The number of nitrogens with zero attached hydrogens (tertiary/aromatic N) is 4. The van der Waals surface area contributed by atoms with Crippen LogP contribution in [0, 0.1) is 0 Å². The Kier molecular flexibility index (Phi) is 4.99. The predicted octanol–water partition coefficient (Wildman–Crippen LogP) is 2.02. The van der Waals surface area contributed by atoms with Gasteiger partial charge in [-0.25, -0.2) is 9.67 Å². The number of oxime groups is 1. The van der Waals surface area contributed by atoms with Gasteiger partial charge in [-0.2, -0.15) is 5.10 Å². The van der Waals surface area contributed by atoms with E-state index in [0.29, 0.717) is 22.2 Å². The van der Waals surface area contributed by atoms with Crippen molar-refractivity contribution >= 4 is 17.4 Å². The second-order valence-electron chi connectivity index (χ2n) is 4.31. The summed E-state index contributed by atoms with van der Waals surface area (Å²) in [5.41, 5.74) is 6.08. The summed E-state index contributed by atoms with van der Waals surface area (Å²) in [6.07, 6.45) is 2.43. The number of halogens is 1. The molecule has 112 valence electrons. The van der Waals surface area contributed by atoms with Crippen LogP contribution in [0.25, 0.3) is 0 Å². The lowest BCUT2D eigenvalue weighted by Crippen LogP contribution is -2.15. The summed E-state index contributed by atoms with van der Waals surface area (Å²) in [4.78, 5) is 4.15. The molecular weight excluding hydrogens is 294 g/mol. The van der Waals surface area contributed by atoms with Crippen LogP contribution in [0.1, 0.15) is 24.7 Å². The fourth-order valence-corrected chi connectivity index (χ4v) is 1.98. The number of amidine groups is 1. The number of rotatable bonds is 6. The molecule has 0 atom stereocenters. The zero-order valence-corrected chi connectivity index (χ0v) is 12.3. The van der Waals surface area contributed by atoms with E-state index in [4.69, 9.17) is 27.3 Å². The number of hydrogen-bond donors (Lipinski definition) is 2. The van der Waals surface area contributed by atoms with Crippen LogP contribution < -0.4 is 10.5 Å². The molecule has 0 aliphatic heterocycles. The lowest BCUT2D eigenvalue weighted by molar-refractivity contribution is 0.284. The fourth-order valence-electron chi connectivity index (χ4n) is 1.82. The molecular formula is C13H16ClN5O2. The minimum absolute atomic E-state index is 0.0447. The number of nitrogens with two attached hydrogens (primary N) is 1. The monoisotopic (exact) mass is 309 g/mol. The van der Waals surface area contributed by atoms with Crippen LogP contribution in [0.5, 0.6) is 5.75 Å². The van der Waals surface area contributed by atoms with E-state index in [9.17, 15) is 0 Å². The van der Waals surface area contributed by atoms with E-state index in [1.165, 1.54) is 6.33 Å². The SMILES string of the molecule is CCCn1ncnc1COc1cc(Cl)ccc1/C(N)=N/O. The Morgan fingerprint density at radius 1 is 1.52 bits per heavy atom. The first-order chi connectivity index (χ1) is 10.2. The van der Waals surface area contributed by atoms with Gasteiger partial charge in [-0.15, -0.1) is 0 Å². The van der Waals surface area contributed by atoms with Crippen molar-refractivity contribution in [2.45, 2.75) is 26.5 Å². The molecule has 1 heterocycles. The van der Waals surface area contributed by atoms with Crippen LogP contribution in [0.4, 0.5) is 0 Å². The highest BCUT2D eigenvalue weighted by Crippen LogP contribution is 2.24. The predicted molar refractivity (Wildman–Crippen MR) is 78.6 cm³/mol. The van der Waals surface area contributed by atoms with E-state index in [-0.39, 0.29) is 12.4 Å². The quantitative estimate of drug-likeness (QED) is 0.368. The van der Waals surface area contributed by atoms with Gasteiger partial charge in [-0.1, -0.05) is 23.7 Å². The average Bonchev–Trinajstić information content (AvgIpc) is 2.92.